The van der Waals surface area contributed by atoms with Crippen LogP contribution in [0.25, 0.3) is 0 Å². The summed E-state index contributed by atoms with van der Waals surface area (Å²) < 4.78 is 51.6. The molecule has 0 saturated carbocycles. The first kappa shape index (κ1) is 14.7. The number of alkyl halides is 3. The first-order chi connectivity index (χ1) is 8.41. The highest BCUT2D eigenvalue weighted by atomic mass is 19.4. The summed E-state index contributed by atoms with van der Waals surface area (Å²) in [5, 5.41) is 2.94. The molecule has 1 rings (SSSR count). The van der Waals surface area contributed by atoms with Gasteiger partial charge in [0, 0.05) is 11.6 Å². The van der Waals surface area contributed by atoms with Crippen molar-refractivity contribution in [2.45, 2.75) is 25.6 Å². The molecule has 0 amide bonds. The van der Waals surface area contributed by atoms with Gasteiger partial charge < -0.3 is 5.32 Å². The molecule has 0 radical (unpaired) electrons. The van der Waals surface area contributed by atoms with Crippen molar-refractivity contribution in [1.29, 1.82) is 0 Å². The Balaban J connectivity index is 3.19. The predicted molar refractivity (Wildman–Crippen MR) is 62.6 cm³/mol. The summed E-state index contributed by atoms with van der Waals surface area (Å²) in [5.74, 6) is -1.21. The summed E-state index contributed by atoms with van der Waals surface area (Å²) in [7, 11) is 0. The maximum atomic E-state index is 13.9. The van der Waals surface area contributed by atoms with Gasteiger partial charge in [0.25, 0.3) is 0 Å². The number of hydrogen-bond acceptors (Lipinski definition) is 1. The molecule has 100 valence electrons. The molecular weight excluding hydrogens is 246 g/mol. The van der Waals surface area contributed by atoms with Crippen molar-refractivity contribution < 1.29 is 17.6 Å². The van der Waals surface area contributed by atoms with Crippen molar-refractivity contribution in [2.75, 3.05) is 6.54 Å². The Morgan fingerprint density at radius 1 is 1.39 bits per heavy atom. The second kappa shape index (κ2) is 6.00. The molecule has 1 aromatic carbocycles. The Bertz CT molecular complexity index is 412. The van der Waals surface area contributed by atoms with Crippen LogP contribution in [0.5, 0.6) is 0 Å². The lowest BCUT2D eigenvalue weighted by atomic mass is 10.00. The van der Waals surface area contributed by atoms with Gasteiger partial charge in [-0.15, -0.1) is 6.58 Å². The highest BCUT2D eigenvalue weighted by Gasteiger charge is 2.35. The van der Waals surface area contributed by atoms with Gasteiger partial charge in [-0.3, -0.25) is 0 Å². The van der Waals surface area contributed by atoms with E-state index in [1.807, 2.05) is 6.92 Å². The van der Waals surface area contributed by atoms with Crippen molar-refractivity contribution in [1.82, 2.24) is 5.32 Å². The summed E-state index contributed by atoms with van der Waals surface area (Å²) in [6.45, 7) is 5.87. The molecular formula is C13H15F4N. The van der Waals surface area contributed by atoms with Crippen molar-refractivity contribution >= 4 is 0 Å². The summed E-state index contributed by atoms with van der Waals surface area (Å²) in [4.78, 5) is 0. The van der Waals surface area contributed by atoms with Gasteiger partial charge in [-0.25, -0.2) is 4.39 Å². The van der Waals surface area contributed by atoms with Crippen LogP contribution < -0.4 is 5.32 Å². The standard InChI is InChI=1S/C13H15F4N/c1-3-6-11(18-4-2)9-7-5-8-10(12(9)14)13(15,16)17/h3,5,7-8,11,18H,1,4,6H2,2H3. The lowest BCUT2D eigenvalue weighted by molar-refractivity contribution is -0.140. The van der Waals surface area contributed by atoms with E-state index in [0.29, 0.717) is 13.0 Å². The Kier molecular flexibility index (Phi) is 4.90. The Morgan fingerprint density at radius 3 is 2.56 bits per heavy atom. The summed E-state index contributed by atoms with van der Waals surface area (Å²) in [5.41, 5.74) is -1.21. The predicted octanol–water partition coefficient (Wildman–Crippen LogP) is 4.07. The minimum Gasteiger partial charge on any atom is -0.310 e. The van der Waals surface area contributed by atoms with Crippen molar-refractivity contribution in [3.05, 3.63) is 47.8 Å². The van der Waals surface area contributed by atoms with Gasteiger partial charge in [0.05, 0.1) is 5.56 Å². The minimum absolute atomic E-state index is 0.0200. The molecule has 0 heterocycles. The molecule has 0 aliphatic heterocycles. The molecule has 0 bridgehead atoms. The number of halogens is 4. The van der Waals surface area contributed by atoms with Crippen LogP contribution >= 0.6 is 0 Å². The Morgan fingerprint density at radius 2 is 2.06 bits per heavy atom. The van der Waals surface area contributed by atoms with E-state index in [1.54, 1.807) is 6.08 Å². The molecule has 0 aliphatic rings. The number of nitrogens with one attached hydrogen (secondary N) is 1. The van der Waals surface area contributed by atoms with Crippen LogP contribution in [0.15, 0.2) is 30.9 Å². The molecule has 0 aromatic heterocycles. The van der Waals surface area contributed by atoms with E-state index < -0.39 is 23.6 Å². The van der Waals surface area contributed by atoms with Gasteiger partial charge >= 0.3 is 6.18 Å². The summed E-state index contributed by atoms with van der Waals surface area (Å²) >= 11 is 0. The van der Waals surface area contributed by atoms with E-state index >= 15 is 0 Å². The lowest BCUT2D eigenvalue weighted by Gasteiger charge is -2.19. The zero-order chi connectivity index (χ0) is 13.8. The summed E-state index contributed by atoms with van der Waals surface area (Å²) in [6, 6.07) is 2.83. The van der Waals surface area contributed by atoms with Gasteiger partial charge in [0.15, 0.2) is 0 Å². The highest BCUT2D eigenvalue weighted by molar-refractivity contribution is 5.30. The third kappa shape index (κ3) is 3.32. The zero-order valence-electron chi connectivity index (χ0n) is 10.0. The quantitative estimate of drug-likeness (QED) is 0.622. The van der Waals surface area contributed by atoms with Crippen LogP contribution in [0.2, 0.25) is 0 Å². The van der Waals surface area contributed by atoms with E-state index in [1.165, 1.54) is 12.1 Å². The van der Waals surface area contributed by atoms with Crippen LogP contribution in [0, 0.1) is 5.82 Å². The van der Waals surface area contributed by atoms with Gasteiger partial charge in [-0.2, -0.15) is 13.2 Å². The zero-order valence-corrected chi connectivity index (χ0v) is 10.0. The number of rotatable bonds is 5. The summed E-state index contributed by atoms with van der Waals surface area (Å²) in [6.07, 6.45) is -2.76. The van der Waals surface area contributed by atoms with E-state index in [2.05, 4.69) is 11.9 Å². The topological polar surface area (TPSA) is 12.0 Å². The SMILES string of the molecule is C=CCC(NCC)c1cccc(C(F)(F)F)c1F. The molecule has 18 heavy (non-hydrogen) atoms. The highest BCUT2D eigenvalue weighted by Crippen LogP contribution is 2.34. The minimum atomic E-state index is -4.68. The fraction of sp³-hybridized carbons (Fsp3) is 0.385. The second-order valence-electron chi connectivity index (χ2n) is 3.84. The van der Waals surface area contributed by atoms with E-state index in [-0.39, 0.29) is 5.56 Å². The average Bonchev–Trinajstić information content (AvgIpc) is 2.27. The van der Waals surface area contributed by atoms with Crippen molar-refractivity contribution in [3.8, 4) is 0 Å². The van der Waals surface area contributed by atoms with Gasteiger partial charge in [-0.05, 0) is 19.0 Å². The van der Waals surface area contributed by atoms with Gasteiger partial charge in [0.2, 0.25) is 0 Å². The van der Waals surface area contributed by atoms with Crippen molar-refractivity contribution in [3.63, 3.8) is 0 Å². The maximum Gasteiger partial charge on any atom is 0.419 e. The van der Waals surface area contributed by atoms with Crippen LogP contribution in [0.1, 0.15) is 30.5 Å². The fourth-order valence-electron chi connectivity index (χ4n) is 1.77. The molecule has 1 unspecified atom stereocenters. The first-order valence-corrected chi connectivity index (χ1v) is 5.61. The molecule has 5 heteroatoms. The third-order valence-electron chi connectivity index (χ3n) is 2.56. The first-order valence-electron chi connectivity index (χ1n) is 5.61. The van der Waals surface area contributed by atoms with Gasteiger partial charge in [-0.1, -0.05) is 25.1 Å². The van der Waals surface area contributed by atoms with Crippen LogP contribution in [-0.2, 0) is 6.18 Å². The second-order valence-corrected chi connectivity index (χ2v) is 3.84. The van der Waals surface area contributed by atoms with Crippen LogP contribution in [0.4, 0.5) is 17.6 Å². The van der Waals surface area contributed by atoms with E-state index in [4.69, 9.17) is 0 Å². The number of hydrogen-bond donors (Lipinski definition) is 1. The molecule has 1 aromatic rings. The fourth-order valence-corrected chi connectivity index (χ4v) is 1.77. The van der Waals surface area contributed by atoms with E-state index in [0.717, 1.165) is 6.07 Å². The molecule has 0 saturated heterocycles. The third-order valence-corrected chi connectivity index (χ3v) is 2.56. The smallest absolute Gasteiger partial charge is 0.310 e. The normalized spacial score (nSPS) is 13.4. The molecule has 1 nitrogen and oxygen atoms in total. The Hall–Kier alpha value is -1.36. The van der Waals surface area contributed by atoms with Gasteiger partial charge in [0.1, 0.15) is 5.82 Å². The maximum absolute atomic E-state index is 13.9. The van der Waals surface area contributed by atoms with Crippen LogP contribution in [0.3, 0.4) is 0 Å². The Labute approximate surface area is 104 Å². The monoisotopic (exact) mass is 261 g/mol. The molecule has 1 N–H and O–H groups in total. The molecule has 0 aliphatic carbocycles. The number of benzene rings is 1. The average molecular weight is 261 g/mol. The largest absolute Gasteiger partial charge is 0.419 e. The van der Waals surface area contributed by atoms with Crippen LogP contribution in [-0.4, -0.2) is 6.54 Å². The molecule has 0 fully saturated rings. The van der Waals surface area contributed by atoms with E-state index in [9.17, 15) is 17.6 Å². The molecule has 0 spiro atoms. The van der Waals surface area contributed by atoms with Crippen molar-refractivity contribution in [2.24, 2.45) is 0 Å². The molecule has 1 atom stereocenters. The lowest BCUT2D eigenvalue weighted by Crippen LogP contribution is -2.22.